The molecule has 0 unspecified atom stereocenters. The maximum atomic E-state index is 5.48. The van der Waals surface area contributed by atoms with Crippen LogP contribution in [-0.4, -0.2) is 18.1 Å². The Morgan fingerprint density at radius 2 is 1.71 bits per heavy atom. The van der Waals surface area contributed by atoms with Crippen LogP contribution in [0.2, 0.25) is 0 Å². The van der Waals surface area contributed by atoms with Gasteiger partial charge in [0.25, 0.3) is 0 Å². The predicted molar refractivity (Wildman–Crippen MR) is 87.5 cm³/mol. The molecule has 3 nitrogen and oxygen atoms in total. The lowest BCUT2D eigenvalue weighted by molar-refractivity contribution is 0.328. The van der Waals surface area contributed by atoms with Gasteiger partial charge in [-0.1, -0.05) is 30.3 Å². The molecule has 2 aromatic carbocycles. The van der Waals surface area contributed by atoms with Crippen molar-refractivity contribution in [2.75, 3.05) is 13.2 Å². The van der Waals surface area contributed by atoms with Crippen molar-refractivity contribution in [2.24, 2.45) is 5.73 Å². The van der Waals surface area contributed by atoms with E-state index in [1.54, 1.807) is 11.3 Å². The van der Waals surface area contributed by atoms with E-state index in [2.05, 4.69) is 17.5 Å². The van der Waals surface area contributed by atoms with E-state index in [0.717, 1.165) is 27.6 Å². The molecule has 0 aliphatic carbocycles. The summed E-state index contributed by atoms with van der Waals surface area (Å²) in [5, 5.41) is 3.10. The van der Waals surface area contributed by atoms with Crippen LogP contribution in [-0.2, 0) is 0 Å². The summed E-state index contributed by atoms with van der Waals surface area (Å²) in [4.78, 5) is 4.70. The SMILES string of the molecule is NCCOc1ccc(-c2nc(-c3ccccc3)cs2)cc1. The van der Waals surface area contributed by atoms with E-state index in [1.165, 1.54) is 0 Å². The minimum Gasteiger partial charge on any atom is -0.492 e. The summed E-state index contributed by atoms with van der Waals surface area (Å²) in [6.45, 7) is 1.06. The summed E-state index contributed by atoms with van der Waals surface area (Å²) in [5.41, 5.74) is 8.68. The zero-order valence-corrected chi connectivity index (χ0v) is 12.3. The molecule has 21 heavy (non-hydrogen) atoms. The number of hydrogen-bond donors (Lipinski definition) is 1. The largest absolute Gasteiger partial charge is 0.492 e. The van der Waals surface area contributed by atoms with E-state index >= 15 is 0 Å². The van der Waals surface area contributed by atoms with Gasteiger partial charge in [0.1, 0.15) is 17.4 Å². The van der Waals surface area contributed by atoms with Crippen molar-refractivity contribution >= 4 is 11.3 Å². The van der Waals surface area contributed by atoms with Gasteiger partial charge in [-0.3, -0.25) is 0 Å². The van der Waals surface area contributed by atoms with Crippen molar-refractivity contribution in [3.05, 3.63) is 60.0 Å². The Balaban J connectivity index is 1.80. The van der Waals surface area contributed by atoms with Crippen LogP contribution in [0.5, 0.6) is 5.75 Å². The van der Waals surface area contributed by atoms with Crippen LogP contribution in [0.3, 0.4) is 0 Å². The van der Waals surface area contributed by atoms with Gasteiger partial charge in [0.05, 0.1) is 5.69 Å². The fraction of sp³-hybridized carbons (Fsp3) is 0.118. The third-order valence-corrected chi connectivity index (χ3v) is 3.95. The second-order valence-electron chi connectivity index (χ2n) is 4.57. The number of rotatable bonds is 5. The number of benzene rings is 2. The molecular formula is C17H16N2OS. The fourth-order valence-corrected chi connectivity index (χ4v) is 2.85. The highest BCUT2D eigenvalue weighted by Crippen LogP contribution is 2.29. The highest BCUT2D eigenvalue weighted by atomic mass is 32.1. The maximum absolute atomic E-state index is 5.48. The molecule has 2 N–H and O–H groups in total. The van der Waals surface area contributed by atoms with Gasteiger partial charge in [-0.05, 0) is 24.3 Å². The molecule has 0 atom stereocenters. The average Bonchev–Trinajstić information content (AvgIpc) is 3.04. The number of nitrogens with zero attached hydrogens (tertiary/aromatic N) is 1. The van der Waals surface area contributed by atoms with E-state index < -0.39 is 0 Å². The van der Waals surface area contributed by atoms with Crippen LogP contribution < -0.4 is 10.5 Å². The summed E-state index contributed by atoms with van der Waals surface area (Å²) >= 11 is 1.65. The monoisotopic (exact) mass is 296 g/mol. The number of thiazole rings is 1. The van der Waals surface area contributed by atoms with Gasteiger partial charge in [-0.2, -0.15) is 0 Å². The van der Waals surface area contributed by atoms with Gasteiger partial charge in [0.2, 0.25) is 0 Å². The molecule has 0 saturated heterocycles. The predicted octanol–water partition coefficient (Wildman–Crippen LogP) is 3.81. The van der Waals surface area contributed by atoms with Crippen LogP contribution in [0, 0.1) is 0 Å². The Labute approximate surface area is 128 Å². The molecule has 3 rings (SSSR count). The van der Waals surface area contributed by atoms with Gasteiger partial charge in [0.15, 0.2) is 0 Å². The topological polar surface area (TPSA) is 48.1 Å². The first-order valence-electron chi connectivity index (χ1n) is 6.81. The highest BCUT2D eigenvalue weighted by Gasteiger charge is 2.06. The molecule has 106 valence electrons. The van der Waals surface area contributed by atoms with E-state index in [9.17, 15) is 0 Å². The molecular weight excluding hydrogens is 280 g/mol. The maximum Gasteiger partial charge on any atom is 0.124 e. The smallest absolute Gasteiger partial charge is 0.124 e. The Morgan fingerprint density at radius 3 is 2.43 bits per heavy atom. The normalized spacial score (nSPS) is 10.5. The summed E-state index contributed by atoms with van der Waals surface area (Å²) in [6.07, 6.45) is 0. The standard InChI is InChI=1S/C17H16N2OS/c18-10-11-20-15-8-6-14(7-9-15)17-19-16(12-21-17)13-4-2-1-3-5-13/h1-9,12H,10-11,18H2. The highest BCUT2D eigenvalue weighted by molar-refractivity contribution is 7.13. The van der Waals surface area contributed by atoms with E-state index in [4.69, 9.17) is 15.5 Å². The zero-order valence-electron chi connectivity index (χ0n) is 11.5. The lowest BCUT2D eigenvalue weighted by Crippen LogP contribution is -2.10. The second-order valence-corrected chi connectivity index (χ2v) is 5.42. The molecule has 0 aliphatic rings. The molecule has 0 amide bonds. The summed E-state index contributed by atoms with van der Waals surface area (Å²) < 4.78 is 5.48. The van der Waals surface area contributed by atoms with Crippen molar-refractivity contribution in [1.82, 2.24) is 4.98 Å². The molecule has 0 bridgehead atoms. The van der Waals surface area contributed by atoms with Crippen molar-refractivity contribution in [3.63, 3.8) is 0 Å². The third-order valence-electron chi connectivity index (χ3n) is 3.06. The molecule has 0 aliphatic heterocycles. The second kappa shape index (κ2) is 6.52. The molecule has 4 heteroatoms. The van der Waals surface area contributed by atoms with Gasteiger partial charge < -0.3 is 10.5 Å². The minimum atomic E-state index is 0.522. The fourth-order valence-electron chi connectivity index (χ4n) is 2.02. The van der Waals surface area contributed by atoms with E-state index in [-0.39, 0.29) is 0 Å². The van der Waals surface area contributed by atoms with Crippen molar-refractivity contribution in [1.29, 1.82) is 0 Å². The van der Waals surface area contributed by atoms with Gasteiger partial charge in [0, 0.05) is 23.1 Å². The van der Waals surface area contributed by atoms with Gasteiger partial charge in [-0.25, -0.2) is 4.98 Å². The molecule has 0 radical (unpaired) electrons. The first-order chi connectivity index (χ1) is 10.4. The van der Waals surface area contributed by atoms with Crippen LogP contribution >= 0.6 is 11.3 Å². The molecule has 0 spiro atoms. The summed E-state index contributed by atoms with van der Waals surface area (Å²) in [6, 6.07) is 18.2. The Morgan fingerprint density at radius 1 is 0.952 bits per heavy atom. The average molecular weight is 296 g/mol. The number of nitrogens with two attached hydrogens (primary N) is 1. The molecule has 3 aromatic rings. The number of aromatic nitrogens is 1. The van der Waals surface area contributed by atoms with Gasteiger partial charge in [-0.15, -0.1) is 11.3 Å². The molecule has 1 aromatic heterocycles. The lowest BCUT2D eigenvalue weighted by atomic mass is 10.2. The number of ether oxygens (including phenoxy) is 1. The quantitative estimate of drug-likeness (QED) is 0.778. The van der Waals surface area contributed by atoms with Crippen LogP contribution in [0.4, 0.5) is 0 Å². The van der Waals surface area contributed by atoms with Crippen molar-refractivity contribution < 1.29 is 4.74 Å². The van der Waals surface area contributed by atoms with E-state index in [1.807, 2.05) is 42.5 Å². The molecule has 0 saturated carbocycles. The lowest BCUT2D eigenvalue weighted by Gasteiger charge is -2.04. The Bertz CT molecular complexity index is 692. The van der Waals surface area contributed by atoms with Crippen LogP contribution in [0.15, 0.2) is 60.0 Å². The Hall–Kier alpha value is -2.17. The Kier molecular flexibility index (Phi) is 4.28. The van der Waals surface area contributed by atoms with Crippen LogP contribution in [0.25, 0.3) is 21.8 Å². The third kappa shape index (κ3) is 3.29. The summed E-state index contributed by atoms with van der Waals surface area (Å²) in [5.74, 6) is 0.837. The first kappa shape index (κ1) is 13.8. The molecule has 1 heterocycles. The van der Waals surface area contributed by atoms with Crippen molar-refractivity contribution in [2.45, 2.75) is 0 Å². The number of hydrogen-bond acceptors (Lipinski definition) is 4. The summed E-state index contributed by atoms with van der Waals surface area (Å²) in [7, 11) is 0. The van der Waals surface area contributed by atoms with Crippen LogP contribution in [0.1, 0.15) is 0 Å². The van der Waals surface area contributed by atoms with E-state index in [0.29, 0.717) is 13.2 Å². The van der Waals surface area contributed by atoms with Gasteiger partial charge >= 0.3 is 0 Å². The first-order valence-corrected chi connectivity index (χ1v) is 7.69. The molecule has 0 fully saturated rings. The zero-order chi connectivity index (χ0) is 14.5. The minimum absolute atomic E-state index is 0.522. The van der Waals surface area contributed by atoms with Crippen molar-refractivity contribution in [3.8, 4) is 27.6 Å².